The van der Waals surface area contributed by atoms with Crippen molar-refractivity contribution in [1.29, 1.82) is 0 Å². The van der Waals surface area contributed by atoms with Gasteiger partial charge in [0, 0.05) is 10.4 Å². The molecule has 0 aliphatic carbocycles. The average Bonchev–Trinajstić information content (AvgIpc) is 3.06. The first-order valence-corrected chi connectivity index (χ1v) is 10.7. The SMILES string of the molecule is C[C@@H](NC(=O)c1cc2c(s1)-c1ccccc1S(=O)(=O)C2)c1ccccc1. The molecule has 0 unspecified atom stereocenters. The van der Waals surface area contributed by atoms with E-state index in [9.17, 15) is 13.2 Å². The Labute approximate surface area is 156 Å². The predicted octanol–water partition coefficient (Wildman–Crippen LogP) is 4.19. The van der Waals surface area contributed by atoms with Crippen LogP contribution in [0.4, 0.5) is 0 Å². The second-order valence-electron chi connectivity index (χ2n) is 6.33. The van der Waals surface area contributed by atoms with Crippen molar-refractivity contribution in [1.82, 2.24) is 5.32 Å². The van der Waals surface area contributed by atoms with Gasteiger partial charge in [-0.2, -0.15) is 0 Å². The molecule has 0 radical (unpaired) electrons. The van der Waals surface area contributed by atoms with Crippen molar-refractivity contribution in [3.8, 4) is 10.4 Å². The number of amides is 1. The third-order valence-electron chi connectivity index (χ3n) is 4.49. The smallest absolute Gasteiger partial charge is 0.261 e. The van der Waals surface area contributed by atoms with Gasteiger partial charge in [-0.25, -0.2) is 8.42 Å². The Morgan fingerprint density at radius 3 is 2.54 bits per heavy atom. The topological polar surface area (TPSA) is 63.2 Å². The van der Waals surface area contributed by atoms with Crippen LogP contribution in [0.3, 0.4) is 0 Å². The van der Waals surface area contributed by atoms with Gasteiger partial charge in [0.15, 0.2) is 9.84 Å². The normalized spacial score (nSPS) is 15.6. The molecule has 4 nitrogen and oxygen atoms in total. The molecule has 4 rings (SSSR count). The maximum absolute atomic E-state index is 12.7. The highest BCUT2D eigenvalue weighted by atomic mass is 32.2. The largest absolute Gasteiger partial charge is 0.345 e. The summed E-state index contributed by atoms with van der Waals surface area (Å²) in [4.78, 5) is 14.4. The fourth-order valence-corrected chi connectivity index (χ4v) is 6.04. The molecular weight excluding hydrogens is 366 g/mol. The van der Waals surface area contributed by atoms with Crippen molar-refractivity contribution in [2.24, 2.45) is 0 Å². The summed E-state index contributed by atoms with van der Waals surface area (Å²) in [5.74, 6) is -0.243. The number of rotatable bonds is 3. The molecule has 0 bridgehead atoms. The summed E-state index contributed by atoms with van der Waals surface area (Å²) in [6.45, 7) is 1.93. The molecule has 132 valence electrons. The fraction of sp³-hybridized carbons (Fsp3) is 0.150. The molecule has 1 aromatic heterocycles. The molecule has 1 amide bonds. The minimum atomic E-state index is -3.36. The maximum atomic E-state index is 12.7. The lowest BCUT2D eigenvalue weighted by Gasteiger charge is -2.15. The number of nitrogens with one attached hydrogen (secondary N) is 1. The van der Waals surface area contributed by atoms with Gasteiger partial charge in [-0.3, -0.25) is 4.79 Å². The Hall–Kier alpha value is -2.44. The third kappa shape index (κ3) is 2.95. The number of carbonyl (C=O) groups is 1. The number of sulfone groups is 1. The van der Waals surface area contributed by atoms with E-state index in [1.54, 1.807) is 24.3 Å². The molecular formula is C20H17NO3S2. The molecule has 3 aromatic rings. The second kappa shape index (κ2) is 6.37. The van der Waals surface area contributed by atoms with Gasteiger partial charge in [-0.1, -0.05) is 48.5 Å². The van der Waals surface area contributed by atoms with Gasteiger partial charge in [0.05, 0.1) is 21.6 Å². The molecule has 6 heteroatoms. The molecule has 1 atom stereocenters. The summed E-state index contributed by atoms with van der Waals surface area (Å²) in [7, 11) is -3.36. The van der Waals surface area contributed by atoms with E-state index >= 15 is 0 Å². The molecule has 1 N–H and O–H groups in total. The van der Waals surface area contributed by atoms with Crippen LogP contribution in [0.1, 0.15) is 33.8 Å². The number of thiophene rings is 1. The quantitative estimate of drug-likeness (QED) is 0.737. The second-order valence-corrected chi connectivity index (χ2v) is 9.34. The zero-order valence-corrected chi connectivity index (χ0v) is 15.7. The lowest BCUT2D eigenvalue weighted by molar-refractivity contribution is 0.0944. The van der Waals surface area contributed by atoms with E-state index in [1.807, 2.05) is 43.3 Å². The Morgan fingerprint density at radius 2 is 1.77 bits per heavy atom. The summed E-state index contributed by atoms with van der Waals surface area (Å²) in [6, 6.07) is 18.3. The predicted molar refractivity (Wildman–Crippen MR) is 103 cm³/mol. The molecule has 0 saturated carbocycles. The minimum Gasteiger partial charge on any atom is -0.345 e. The van der Waals surface area contributed by atoms with E-state index in [2.05, 4.69) is 5.32 Å². The lowest BCUT2D eigenvalue weighted by atomic mass is 10.1. The number of carbonyl (C=O) groups excluding carboxylic acids is 1. The van der Waals surface area contributed by atoms with Crippen molar-refractivity contribution >= 4 is 27.1 Å². The van der Waals surface area contributed by atoms with E-state index in [4.69, 9.17) is 0 Å². The van der Waals surface area contributed by atoms with E-state index in [0.29, 0.717) is 20.9 Å². The molecule has 2 heterocycles. The van der Waals surface area contributed by atoms with Crippen LogP contribution in [0.5, 0.6) is 0 Å². The first kappa shape index (κ1) is 17.0. The van der Waals surface area contributed by atoms with Crippen molar-refractivity contribution in [2.75, 3.05) is 0 Å². The van der Waals surface area contributed by atoms with Crippen LogP contribution in [0.25, 0.3) is 10.4 Å². The Morgan fingerprint density at radius 1 is 1.08 bits per heavy atom. The molecule has 0 spiro atoms. The zero-order chi connectivity index (χ0) is 18.3. The Bertz CT molecular complexity index is 1090. The number of hydrogen-bond acceptors (Lipinski definition) is 4. The van der Waals surface area contributed by atoms with Gasteiger partial charge in [0.2, 0.25) is 0 Å². The first-order chi connectivity index (χ1) is 12.5. The molecule has 0 saturated heterocycles. The molecule has 0 fully saturated rings. The highest BCUT2D eigenvalue weighted by Gasteiger charge is 2.30. The first-order valence-electron chi connectivity index (χ1n) is 8.26. The van der Waals surface area contributed by atoms with Gasteiger partial charge in [-0.15, -0.1) is 11.3 Å². The summed E-state index contributed by atoms with van der Waals surface area (Å²) < 4.78 is 25.0. The van der Waals surface area contributed by atoms with Crippen molar-refractivity contribution in [3.05, 3.63) is 76.7 Å². The van der Waals surface area contributed by atoms with Crippen LogP contribution >= 0.6 is 11.3 Å². The Balaban J connectivity index is 1.66. The van der Waals surface area contributed by atoms with Crippen molar-refractivity contribution < 1.29 is 13.2 Å². The van der Waals surface area contributed by atoms with E-state index in [-0.39, 0.29) is 17.7 Å². The summed E-state index contributed by atoms with van der Waals surface area (Å²) in [6.07, 6.45) is 0. The molecule has 1 aliphatic heterocycles. The summed E-state index contributed by atoms with van der Waals surface area (Å²) in [5.41, 5.74) is 2.41. The van der Waals surface area contributed by atoms with Crippen LogP contribution in [0.2, 0.25) is 0 Å². The monoisotopic (exact) mass is 383 g/mol. The van der Waals surface area contributed by atoms with E-state index < -0.39 is 9.84 Å². The highest BCUT2D eigenvalue weighted by Crippen LogP contribution is 2.42. The molecule has 2 aromatic carbocycles. The van der Waals surface area contributed by atoms with Crippen molar-refractivity contribution in [3.63, 3.8) is 0 Å². The standard InChI is InChI=1S/C20H17NO3S2/c1-13(14-7-3-2-4-8-14)21-20(22)17-11-15-12-26(23,24)18-10-6-5-9-16(18)19(15)25-17/h2-11,13H,12H2,1H3,(H,21,22)/t13-/m1/s1. The summed E-state index contributed by atoms with van der Waals surface area (Å²) >= 11 is 1.35. The highest BCUT2D eigenvalue weighted by molar-refractivity contribution is 7.91. The lowest BCUT2D eigenvalue weighted by Crippen LogP contribution is -2.25. The fourth-order valence-electron chi connectivity index (χ4n) is 3.18. The van der Waals surface area contributed by atoms with Gasteiger partial charge >= 0.3 is 0 Å². The van der Waals surface area contributed by atoms with Crippen LogP contribution in [0, 0.1) is 0 Å². The maximum Gasteiger partial charge on any atom is 0.261 e. The number of benzene rings is 2. The minimum absolute atomic E-state index is 0.0582. The van der Waals surface area contributed by atoms with E-state index in [1.165, 1.54) is 11.3 Å². The van der Waals surface area contributed by atoms with E-state index in [0.717, 1.165) is 10.4 Å². The van der Waals surface area contributed by atoms with Gasteiger partial charge in [-0.05, 0) is 30.2 Å². The van der Waals surface area contributed by atoms with Crippen LogP contribution in [0.15, 0.2) is 65.6 Å². The number of fused-ring (bicyclic) bond motifs is 3. The zero-order valence-electron chi connectivity index (χ0n) is 14.1. The van der Waals surface area contributed by atoms with Gasteiger partial charge in [0.25, 0.3) is 5.91 Å². The van der Waals surface area contributed by atoms with Gasteiger partial charge < -0.3 is 5.32 Å². The third-order valence-corrected chi connectivity index (χ3v) is 7.42. The Kier molecular flexibility index (Phi) is 4.17. The summed E-state index contributed by atoms with van der Waals surface area (Å²) in [5, 5.41) is 2.99. The van der Waals surface area contributed by atoms with Crippen LogP contribution in [-0.2, 0) is 15.6 Å². The van der Waals surface area contributed by atoms with Crippen LogP contribution < -0.4 is 5.32 Å². The number of hydrogen-bond donors (Lipinski definition) is 1. The van der Waals surface area contributed by atoms with Crippen LogP contribution in [-0.4, -0.2) is 14.3 Å². The molecule has 26 heavy (non-hydrogen) atoms. The van der Waals surface area contributed by atoms with Crippen molar-refractivity contribution in [2.45, 2.75) is 23.6 Å². The van der Waals surface area contributed by atoms with Gasteiger partial charge in [0.1, 0.15) is 0 Å². The molecule has 1 aliphatic rings. The average molecular weight is 383 g/mol.